The number of nitrogens with two attached hydrogens (primary N) is 2. The number of benzene rings is 2. The van der Waals surface area contributed by atoms with E-state index in [0.29, 0.717) is 33.9 Å². The van der Waals surface area contributed by atoms with Gasteiger partial charge in [0.25, 0.3) is 0 Å². The van der Waals surface area contributed by atoms with Crippen molar-refractivity contribution >= 4 is 40.0 Å². The molecule has 0 atom stereocenters. The predicted molar refractivity (Wildman–Crippen MR) is 156 cm³/mol. The Morgan fingerprint density at radius 2 is 1.90 bits per heavy atom. The highest BCUT2D eigenvalue weighted by Crippen LogP contribution is 2.42. The van der Waals surface area contributed by atoms with Crippen molar-refractivity contribution in [2.45, 2.75) is 13.0 Å². The summed E-state index contributed by atoms with van der Waals surface area (Å²) >= 11 is 6.96. The van der Waals surface area contributed by atoms with Gasteiger partial charge < -0.3 is 30.8 Å². The van der Waals surface area contributed by atoms with Gasteiger partial charge in [0.2, 0.25) is 5.88 Å². The van der Waals surface area contributed by atoms with E-state index in [4.69, 9.17) is 32.7 Å². The van der Waals surface area contributed by atoms with Crippen molar-refractivity contribution in [1.29, 1.82) is 0 Å². The number of fused-ring (bicyclic) bond motifs is 1. The molecule has 4 N–H and O–H groups in total. The van der Waals surface area contributed by atoms with E-state index in [1.165, 1.54) is 11.0 Å². The molecule has 2 aromatic carbocycles. The summed E-state index contributed by atoms with van der Waals surface area (Å²) in [5, 5.41) is 1.43. The highest BCUT2D eigenvalue weighted by molar-refractivity contribution is 6.38. The van der Waals surface area contributed by atoms with Gasteiger partial charge in [-0.1, -0.05) is 11.6 Å². The molecule has 0 saturated carbocycles. The zero-order valence-electron chi connectivity index (χ0n) is 22.3. The van der Waals surface area contributed by atoms with Crippen molar-refractivity contribution < 1.29 is 9.47 Å². The standard InChI is InChI=1S/C28H31ClN8O2/c1-17-11-19(30)5-7-22(17)39-25-12-24(37(31)16-34-25)32-10-9-18-13-33-21-6-8-23(38-4)28(26(21)27(18)29)36-14-20(15-36)35(2)3/h5-13,16,20H,14-15,30-31H2,1-4H3/b10-9-,32-24-. The number of rotatable bonds is 7. The molecule has 1 fully saturated rings. The fraction of sp³-hybridized carbons (Fsp3) is 0.250. The van der Waals surface area contributed by atoms with Crippen molar-refractivity contribution in [2.24, 2.45) is 4.99 Å². The van der Waals surface area contributed by atoms with Gasteiger partial charge in [-0.05, 0) is 63.0 Å². The van der Waals surface area contributed by atoms with Crippen molar-refractivity contribution in [2.75, 3.05) is 50.8 Å². The second-order valence-corrected chi connectivity index (χ2v) is 10.0. The van der Waals surface area contributed by atoms with Crippen LogP contribution in [-0.2, 0) is 0 Å². The highest BCUT2D eigenvalue weighted by Gasteiger charge is 2.32. The summed E-state index contributed by atoms with van der Waals surface area (Å²) in [5.41, 5.74) is 10.3. The van der Waals surface area contributed by atoms with Crippen molar-refractivity contribution in [3.8, 4) is 17.4 Å². The lowest BCUT2D eigenvalue weighted by Crippen LogP contribution is -2.57. The number of hydrogen-bond acceptors (Lipinski definition) is 9. The minimum absolute atomic E-state index is 0.351. The normalized spacial score (nSPS) is 14.4. The first-order valence-corrected chi connectivity index (χ1v) is 12.8. The first kappa shape index (κ1) is 26.3. The molecule has 4 aromatic rings. The van der Waals surface area contributed by atoms with E-state index in [9.17, 15) is 0 Å². The number of pyridine rings is 1. The van der Waals surface area contributed by atoms with Crippen LogP contribution in [0.2, 0.25) is 5.02 Å². The largest absolute Gasteiger partial charge is 0.495 e. The lowest BCUT2D eigenvalue weighted by atomic mass is 10.0. The van der Waals surface area contributed by atoms with E-state index >= 15 is 0 Å². The van der Waals surface area contributed by atoms with Crippen LogP contribution in [-0.4, -0.2) is 59.9 Å². The molecule has 0 radical (unpaired) electrons. The molecule has 5 rings (SSSR count). The van der Waals surface area contributed by atoms with E-state index in [1.807, 2.05) is 25.1 Å². The SMILES string of the molecule is COc1ccc2ncc(/C=C\N=c3\cc(Oc4ccc(N)cc4C)ncn3N)c(Cl)c2c1N1CC(N(C)C)C1. The second kappa shape index (κ2) is 10.8. The third kappa shape index (κ3) is 5.34. The molecule has 1 aliphatic rings. The fourth-order valence-electron chi connectivity index (χ4n) is 4.44. The summed E-state index contributed by atoms with van der Waals surface area (Å²) < 4.78 is 12.9. The Morgan fingerprint density at radius 1 is 1.13 bits per heavy atom. The molecule has 0 spiro atoms. The molecule has 1 saturated heterocycles. The number of aromatic nitrogens is 3. The third-order valence-corrected chi connectivity index (χ3v) is 7.17. The number of aryl methyl sites for hydroxylation is 1. The van der Waals surface area contributed by atoms with Crippen LogP contribution in [0.1, 0.15) is 11.1 Å². The number of nitrogen functional groups attached to an aromatic ring is 2. The van der Waals surface area contributed by atoms with E-state index < -0.39 is 0 Å². The monoisotopic (exact) mass is 546 g/mol. The maximum absolute atomic E-state index is 6.96. The summed E-state index contributed by atoms with van der Waals surface area (Å²) in [6.07, 6.45) is 6.58. The Bertz CT molecular complexity index is 1630. The van der Waals surface area contributed by atoms with Crippen molar-refractivity contribution in [1.82, 2.24) is 19.5 Å². The molecule has 10 nitrogen and oxygen atoms in total. The molecule has 2 aromatic heterocycles. The minimum atomic E-state index is 0.351. The Kier molecular flexibility index (Phi) is 7.32. The number of hydrogen-bond donors (Lipinski definition) is 2. The van der Waals surface area contributed by atoms with Gasteiger partial charge in [0.1, 0.15) is 17.8 Å². The van der Waals surface area contributed by atoms with E-state index in [1.54, 1.807) is 43.8 Å². The molecule has 11 heteroatoms. The first-order chi connectivity index (χ1) is 18.7. The third-order valence-electron chi connectivity index (χ3n) is 6.76. The topological polar surface area (TPSA) is 120 Å². The number of methoxy groups -OCH3 is 1. The van der Waals surface area contributed by atoms with Crippen LogP contribution >= 0.6 is 11.6 Å². The smallest absolute Gasteiger partial charge is 0.224 e. The van der Waals surface area contributed by atoms with Crippen LogP contribution in [0.5, 0.6) is 17.4 Å². The Labute approximate surface area is 231 Å². The van der Waals surface area contributed by atoms with E-state index in [0.717, 1.165) is 46.6 Å². The zero-order valence-corrected chi connectivity index (χ0v) is 23.1. The Balaban J connectivity index is 1.46. The molecule has 0 amide bonds. The fourth-order valence-corrected chi connectivity index (χ4v) is 4.74. The highest BCUT2D eigenvalue weighted by atomic mass is 35.5. The van der Waals surface area contributed by atoms with Gasteiger partial charge in [-0.25, -0.2) is 14.7 Å². The van der Waals surface area contributed by atoms with Gasteiger partial charge in [-0.2, -0.15) is 0 Å². The lowest BCUT2D eigenvalue weighted by Gasteiger charge is -2.45. The van der Waals surface area contributed by atoms with Crippen LogP contribution in [0.3, 0.4) is 0 Å². The van der Waals surface area contributed by atoms with Gasteiger partial charge in [0.05, 0.1) is 23.3 Å². The number of nitrogens with zero attached hydrogens (tertiary/aromatic N) is 6. The molecule has 202 valence electrons. The lowest BCUT2D eigenvalue weighted by molar-refractivity contribution is 0.246. The van der Waals surface area contributed by atoms with Crippen molar-refractivity contribution in [3.63, 3.8) is 0 Å². The summed E-state index contributed by atoms with van der Waals surface area (Å²) in [6.45, 7) is 3.68. The van der Waals surface area contributed by atoms with Crippen LogP contribution in [0.25, 0.3) is 17.0 Å². The maximum Gasteiger partial charge on any atom is 0.224 e. The summed E-state index contributed by atoms with van der Waals surface area (Å²) in [4.78, 5) is 17.9. The minimum Gasteiger partial charge on any atom is -0.495 e. The van der Waals surface area contributed by atoms with Crippen LogP contribution in [0.15, 0.2) is 60.1 Å². The molecule has 0 bridgehead atoms. The van der Waals surface area contributed by atoms with Crippen LogP contribution in [0, 0.1) is 6.92 Å². The average molecular weight is 547 g/mol. The quantitative estimate of drug-likeness (QED) is 0.265. The number of likely N-dealkylation sites (N-methyl/N-ethyl adjacent to an activating group) is 1. The molecule has 0 unspecified atom stereocenters. The van der Waals surface area contributed by atoms with E-state index in [-0.39, 0.29) is 0 Å². The Hall–Kier alpha value is -4.28. The van der Waals surface area contributed by atoms with Crippen molar-refractivity contribution in [3.05, 3.63) is 76.8 Å². The Morgan fingerprint density at radius 3 is 2.62 bits per heavy atom. The van der Waals surface area contributed by atoms with Gasteiger partial charge in [0, 0.05) is 54.2 Å². The maximum atomic E-state index is 6.96. The molecule has 3 heterocycles. The molecular weight excluding hydrogens is 516 g/mol. The molecular formula is C28H31ClN8O2. The summed E-state index contributed by atoms with van der Waals surface area (Å²) in [5.74, 6) is 7.81. The first-order valence-electron chi connectivity index (χ1n) is 12.4. The number of ether oxygens (including phenoxy) is 2. The average Bonchev–Trinajstić information content (AvgIpc) is 2.87. The predicted octanol–water partition coefficient (Wildman–Crippen LogP) is 3.81. The molecule has 39 heavy (non-hydrogen) atoms. The number of anilines is 2. The zero-order chi connectivity index (χ0) is 27.7. The molecule has 0 aliphatic carbocycles. The van der Waals surface area contributed by atoms with Gasteiger partial charge in [-0.15, -0.1) is 0 Å². The van der Waals surface area contributed by atoms with Gasteiger partial charge in [-0.3, -0.25) is 4.98 Å². The van der Waals surface area contributed by atoms with Gasteiger partial charge in [0.15, 0.2) is 5.49 Å². The number of halogens is 1. The second-order valence-electron chi connectivity index (χ2n) is 9.62. The van der Waals surface area contributed by atoms with Crippen LogP contribution < -0.4 is 31.4 Å². The molecule has 1 aliphatic heterocycles. The van der Waals surface area contributed by atoms with Crippen LogP contribution in [0.4, 0.5) is 11.4 Å². The van der Waals surface area contributed by atoms with E-state index in [2.05, 4.69) is 38.9 Å². The summed E-state index contributed by atoms with van der Waals surface area (Å²) in [7, 11) is 5.84. The van der Waals surface area contributed by atoms with Gasteiger partial charge >= 0.3 is 0 Å². The summed E-state index contributed by atoms with van der Waals surface area (Å²) in [6, 6.07) is 11.4.